The van der Waals surface area contributed by atoms with Gasteiger partial charge in [0.2, 0.25) is 0 Å². The molecule has 0 aliphatic carbocycles. The quantitative estimate of drug-likeness (QED) is 0.635. The standard InChI is InChI=1S/C16H17FO4/c1-4-20-16(19)13-14(18)9(2)10(3)21-15(13)11-6-5-7-12(17)8-11/h5-10H,4H2,1-3H3. The second-order valence-electron chi connectivity index (χ2n) is 4.91. The fourth-order valence-electron chi connectivity index (χ4n) is 2.14. The Kier molecular flexibility index (Phi) is 4.40. The second-order valence-corrected chi connectivity index (χ2v) is 4.91. The number of hydrogen-bond donors (Lipinski definition) is 0. The van der Waals surface area contributed by atoms with Crippen LogP contribution in [0.4, 0.5) is 4.39 Å². The number of esters is 1. The highest BCUT2D eigenvalue weighted by Crippen LogP contribution is 2.32. The van der Waals surface area contributed by atoms with Crippen LogP contribution >= 0.6 is 0 Å². The Morgan fingerprint density at radius 2 is 2.10 bits per heavy atom. The van der Waals surface area contributed by atoms with Crippen molar-refractivity contribution in [1.29, 1.82) is 0 Å². The summed E-state index contributed by atoms with van der Waals surface area (Å²) in [6.45, 7) is 5.23. The molecule has 2 atom stereocenters. The largest absolute Gasteiger partial charge is 0.488 e. The summed E-state index contributed by atoms with van der Waals surface area (Å²) in [5.74, 6) is -1.91. The van der Waals surface area contributed by atoms with Gasteiger partial charge in [0, 0.05) is 5.56 Å². The van der Waals surface area contributed by atoms with E-state index in [-0.39, 0.29) is 23.7 Å². The monoisotopic (exact) mass is 292 g/mol. The van der Waals surface area contributed by atoms with Crippen LogP contribution in [0.3, 0.4) is 0 Å². The molecule has 0 saturated heterocycles. The lowest BCUT2D eigenvalue weighted by molar-refractivity contribution is -0.141. The molecule has 0 bridgehead atoms. The van der Waals surface area contributed by atoms with Crippen LogP contribution in [-0.4, -0.2) is 24.5 Å². The van der Waals surface area contributed by atoms with Crippen molar-refractivity contribution in [3.05, 3.63) is 41.2 Å². The van der Waals surface area contributed by atoms with Crippen molar-refractivity contribution in [3.63, 3.8) is 0 Å². The summed E-state index contributed by atoms with van der Waals surface area (Å²) in [6, 6.07) is 5.60. The Hall–Kier alpha value is -2.17. The van der Waals surface area contributed by atoms with Gasteiger partial charge in [-0.25, -0.2) is 9.18 Å². The molecule has 0 spiro atoms. The van der Waals surface area contributed by atoms with Gasteiger partial charge in [-0.1, -0.05) is 19.1 Å². The number of benzene rings is 1. The number of carbonyl (C=O) groups is 2. The number of ether oxygens (including phenoxy) is 2. The predicted molar refractivity (Wildman–Crippen MR) is 74.7 cm³/mol. The molecule has 2 rings (SSSR count). The number of Topliss-reactive ketones (excluding diaryl/α,β-unsaturated/α-hetero) is 1. The molecule has 0 radical (unpaired) electrons. The third kappa shape index (κ3) is 2.96. The van der Waals surface area contributed by atoms with Crippen LogP contribution in [-0.2, 0) is 19.1 Å². The molecule has 0 fully saturated rings. The Labute approximate surface area is 122 Å². The maximum absolute atomic E-state index is 13.4. The van der Waals surface area contributed by atoms with Gasteiger partial charge in [0.05, 0.1) is 12.5 Å². The van der Waals surface area contributed by atoms with Crippen molar-refractivity contribution in [3.8, 4) is 0 Å². The topological polar surface area (TPSA) is 52.6 Å². The summed E-state index contributed by atoms with van der Waals surface area (Å²) in [5, 5.41) is 0. The smallest absolute Gasteiger partial charge is 0.345 e. The minimum Gasteiger partial charge on any atom is -0.488 e. The fraction of sp³-hybridized carbons (Fsp3) is 0.375. The Morgan fingerprint density at radius 1 is 1.38 bits per heavy atom. The lowest BCUT2D eigenvalue weighted by Crippen LogP contribution is -2.35. The van der Waals surface area contributed by atoms with Gasteiger partial charge in [-0.2, -0.15) is 0 Å². The van der Waals surface area contributed by atoms with Crippen molar-refractivity contribution in [1.82, 2.24) is 0 Å². The van der Waals surface area contributed by atoms with E-state index in [9.17, 15) is 14.0 Å². The zero-order valence-corrected chi connectivity index (χ0v) is 12.2. The first-order valence-electron chi connectivity index (χ1n) is 6.84. The number of carbonyl (C=O) groups excluding carboxylic acids is 2. The van der Waals surface area contributed by atoms with Crippen molar-refractivity contribution < 1.29 is 23.5 Å². The average molecular weight is 292 g/mol. The van der Waals surface area contributed by atoms with E-state index in [0.29, 0.717) is 5.56 Å². The van der Waals surface area contributed by atoms with Gasteiger partial charge in [-0.15, -0.1) is 0 Å². The van der Waals surface area contributed by atoms with Crippen LogP contribution in [0, 0.1) is 11.7 Å². The first kappa shape index (κ1) is 15.2. The van der Waals surface area contributed by atoms with Crippen molar-refractivity contribution >= 4 is 17.5 Å². The lowest BCUT2D eigenvalue weighted by Gasteiger charge is -2.29. The van der Waals surface area contributed by atoms with E-state index in [1.54, 1.807) is 26.8 Å². The summed E-state index contributed by atoms with van der Waals surface area (Å²) >= 11 is 0. The molecule has 1 heterocycles. The van der Waals surface area contributed by atoms with Gasteiger partial charge in [0.25, 0.3) is 0 Å². The van der Waals surface area contributed by atoms with Crippen molar-refractivity contribution in [2.45, 2.75) is 26.9 Å². The van der Waals surface area contributed by atoms with Crippen LogP contribution in [0.5, 0.6) is 0 Å². The summed E-state index contributed by atoms with van der Waals surface area (Å²) in [5.41, 5.74) is 0.207. The molecule has 0 amide bonds. The Balaban J connectivity index is 2.58. The molecule has 21 heavy (non-hydrogen) atoms. The highest BCUT2D eigenvalue weighted by atomic mass is 19.1. The molecule has 1 aliphatic rings. The maximum atomic E-state index is 13.4. The number of rotatable bonds is 3. The van der Waals surface area contributed by atoms with Gasteiger partial charge in [-0.05, 0) is 26.0 Å². The van der Waals surface area contributed by atoms with E-state index in [2.05, 4.69) is 0 Å². The SMILES string of the molecule is CCOC(=O)C1=C(c2cccc(F)c2)OC(C)C(C)C1=O. The fourth-order valence-corrected chi connectivity index (χ4v) is 2.14. The molecule has 0 aromatic heterocycles. The Morgan fingerprint density at radius 3 is 2.71 bits per heavy atom. The molecule has 4 nitrogen and oxygen atoms in total. The van der Waals surface area contributed by atoms with E-state index in [4.69, 9.17) is 9.47 Å². The first-order valence-corrected chi connectivity index (χ1v) is 6.84. The third-order valence-electron chi connectivity index (χ3n) is 3.46. The molecule has 2 unspecified atom stereocenters. The van der Waals surface area contributed by atoms with Gasteiger partial charge in [0.1, 0.15) is 23.3 Å². The Bertz CT molecular complexity index is 606. The zero-order chi connectivity index (χ0) is 15.6. The summed E-state index contributed by atoms with van der Waals surface area (Å²) in [6.07, 6.45) is -0.394. The predicted octanol–water partition coefficient (Wildman–Crippen LogP) is 2.72. The average Bonchev–Trinajstić information content (AvgIpc) is 2.44. The second kappa shape index (κ2) is 6.08. The van der Waals surface area contributed by atoms with E-state index in [1.807, 2.05) is 0 Å². The molecule has 1 aromatic carbocycles. The van der Waals surface area contributed by atoms with Crippen LogP contribution in [0.2, 0.25) is 0 Å². The maximum Gasteiger partial charge on any atom is 0.345 e. The van der Waals surface area contributed by atoms with Crippen molar-refractivity contribution in [2.75, 3.05) is 6.61 Å². The first-order chi connectivity index (χ1) is 9.95. The van der Waals surface area contributed by atoms with E-state index >= 15 is 0 Å². The number of halogens is 1. The number of ketones is 1. The van der Waals surface area contributed by atoms with E-state index in [0.717, 1.165) is 0 Å². The zero-order valence-electron chi connectivity index (χ0n) is 12.2. The molecular weight excluding hydrogens is 275 g/mol. The van der Waals surface area contributed by atoms with E-state index in [1.165, 1.54) is 18.2 Å². The van der Waals surface area contributed by atoms with Crippen LogP contribution in [0.1, 0.15) is 26.3 Å². The highest BCUT2D eigenvalue weighted by molar-refractivity contribution is 6.23. The normalized spacial score (nSPS) is 22.0. The molecule has 0 saturated carbocycles. The van der Waals surface area contributed by atoms with Gasteiger partial charge in [0.15, 0.2) is 5.78 Å². The number of hydrogen-bond acceptors (Lipinski definition) is 4. The highest BCUT2D eigenvalue weighted by Gasteiger charge is 2.38. The van der Waals surface area contributed by atoms with Crippen LogP contribution in [0.15, 0.2) is 29.8 Å². The van der Waals surface area contributed by atoms with Gasteiger partial charge < -0.3 is 9.47 Å². The molecule has 5 heteroatoms. The van der Waals surface area contributed by atoms with Gasteiger partial charge in [-0.3, -0.25) is 4.79 Å². The summed E-state index contributed by atoms with van der Waals surface area (Å²) in [7, 11) is 0. The van der Waals surface area contributed by atoms with E-state index < -0.39 is 23.8 Å². The third-order valence-corrected chi connectivity index (χ3v) is 3.46. The molecule has 1 aliphatic heterocycles. The molecule has 112 valence electrons. The lowest BCUT2D eigenvalue weighted by atomic mass is 9.89. The molecule has 1 aromatic rings. The van der Waals surface area contributed by atoms with Crippen LogP contribution < -0.4 is 0 Å². The van der Waals surface area contributed by atoms with Crippen molar-refractivity contribution in [2.24, 2.45) is 5.92 Å². The summed E-state index contributed by atoms with van der Waals surface area (Å²) < 4.78 is 24.0. The minimum atomic E-state index is -0.736. The molecular formula is C16H17FO4. The molecule has 0 N–H and O–H groups in total. The van der Waals surface area contributed by atoms with Crippen LogP contribution in [0.25, 0.3) is 5.76 Å². The van der Waals surface area contributed by atoms with Gasteiger partial charge >= 0.3 is 5.97 Å². The minimum absolute atomic E-state index is 0.0866. The summed E-state index contributed by atoms with van der Waals surface area (Å²) in [4.78, 5) is 24.4.